The number of hydrogen-bond donors (Lipinski definition) is 1. The van der Waals surface area contributed by atoms with Crippen LogP contribution in [0.4, 0.5) is 0 Å². The van der Waals surface area contributed by atoms with Crippen molar-refractivity contribution in [3.05, 3.63) is 35.4 Å². The number of likely N-dealkylation sites (tertiary alicyclic amines) is 2. The van der Waals surface area contributed by atoms with Crippen molar-refractivity contribution in [2.24, 2.45) is 5.41 Å². The lowest BCUT2D eigenvalue weighted by molar-refractivity contribution is 0.0302. The molecule has 3 aliphatic heterocycles. The van der Waals surface area contributed by atoms with Crippen LogP contribution < -0.4 is 0 Å². The average molecular weight is 373 g/mol. The molecule has 1 N–H and O–H groups in total. The van der Waals surface area contributed by atoms with Gasteiger partial charge in [0, 0.05) is 38.3 Å². The molecule has 1 amide bonds. The van der Waals surface area contributed by atoms with Crippen LogP contribution in [0.25, 0.3) is 0 Å². The molecule has 1 aromatic rings. The zero-order chi connectivity index (χ0) is 18.9. The number of amides is 1. The molecule has 5 nitrogen and oxygen atoms in total. The number of aliphatic hydroxyl groups excluding tert-OH is 1. The van der Waals surface area contributed by atoms with Gasteiger partial charge in [0.1, 0.15) is 0 Å². The van der Waals surface area contributed by atoms with E-state index in [4.69, 9.17) is 4.74 Å². The quantitative estimate of drug-likeness (QED) is 0.886. The van der Waals surface area contributed by atoms with Crippen LogP contribution in [0.15, 0.2) is 24.3 Å². The third-order valence-corrected chi connectivity index (χ3v) is 6.71. The fraction of sp³-hybridized carbons (Fsp3) is 0.682. The van der Waals surface area contributed by atoms with Crippen LogP contribution in [0.3, 0.4) is 0 Å². The fourth-order valence-electron chi connectivity index (χ4n) is 4.81. The van der Waals surface area contributed by atoms with Crippen LogP contribution in [0, 0.1) is 12.3 Å². The minimum absolute atomic E-state index is 0.118. The molecule has 4 rings (SSSR count). The van der Waals surface area contributed by atoms with Gasteiger partial charge in [-0.25, -0.2) is 0 Å². The Balaban J connectivity index is 1.27. The average Bonchev–Trinajstić information content (AvgIpc) is 3.06. The molecule has 3 heterocycles. The van der Waals surface area contributed by atoms with E-state index in [0.717, 1.165) is 77.0 Å². The third kappa shape index (κ3) is 4.36. The second kappa shape index (κ2) is 7.90. The number of carbonyl (C=O) groups excluding carboxylic acids is 1. The Kier molecular flexibility index (Phi) is 5.53. The number of nitrogens with zero attached hydrogens (tertiary/aromatic N) is 2. The molecule has 3 aliphatic rings. The van der Waals surface area contributed by atoms with E-state index in [1.165, 1.54) is 5.56 Å². The number of piperidine rings is 2. The Labute approximate surface area is 162 Å². The maximum atomic E-state index is 12.7. The summed E-state index contributed by atoms with van der Waals surface area (Å²) < 4.78 is 6.16. The second-order valence-electron chi connectivity index (χ2n) is 8.83. The fourth-order valence-corrected chi connectivity index (χ4v) is 4.81. The van der Waals surface area contributed by atoms with E-state index in [0.29, 0.717) is 6.10 Å². The Hall–Kier alpha value is -1.43. The van der Waals surface area contributed by atoms with Crippen LogP contribution in [0.2, 0.25) is 0 Å². The van der Waals surface area contributed by atoms with Crippen molar-refractivity contribution in [3.8, 4) is 0 Å². The molecule has 0 saturated carbocycles. The van der Waals surface area contributed by atoms with Crippen LogP contribution in [0.5, 0.6) is 0 Å². The molecule has 1 spiro atoms. The van der Waals surface area contributed by atoms with Gasteiger partial charge < -0.3 is 19.6 Å². The molecular formula is C22H32N2O3. The van der Waals surface area contributed by atoms with E-state index in [-0.39, 0.29) is 17.4 Å². The van der Waals surface area contributed by atoms with Crippen molar-refractivity contribution < 1.29 is 14.6 Å². The van der Waals surface area contributed by atoms with Gasteiger partial charge >= 0.3 is 0 Å². The molecule has 0 unspecified atom stereocenters. The Morgan fingerprint density at radius 2 is 1.81 bits per heavy atom. The van der Waals surface area contributed by atoms with Crippen LogP contribution in [-0.2, 0) is 4.74 Å². The maximum Gasteiger partial charge on any atom is 0.253 e. The molecular weight excluding hydrogens is 340 g/mol. The summed E-state index contributed by atoms with van der Waals surface area (Å²) in [5, 5.41) is 9.66. The lowest BCUT2D eigenvalue weighted by atomic mass is 9.76. The van der Waals surface area contributed by atoms with Crippen molar-refractivity contribution in [2.75, 3.05) is 39.3 Å². The lowest BCUT2D eigenvalue weighted by Crippen LogP contribution is -2.44. The summed E-state index contributed by atoms with van der Waals surface area (Å²) in [5.41, 5.74) is 2.23. The first kappa shape index (κ1) is 18.9. The number of aryl methyl sites for hydroxylation is 1. The van der Waals surface area contributed by atoms with Crippen LogP contribution in [-0.4, -0.2) is 72.4 Å². The van der Waals surface area contributed by atoms with Gasteiger partial charge in [0.25, 0.3) is 5.91 Å². The van der Waals surface area contributed by atoms with Crippen LogP contribution in [0.1, 0.15) is 48.0 Å². The highest BCUT2D eigenvalue weighted by Gasteiger charge is 2.43. The summed E-state index contributed by atoms with van der Waals surface area (Å²) in [6.07, 6.45) is 5.15. The lowest BCUT2D eigenvalue weighted by Gasteiger charge is -2.38. The molecule has 0 aromatic heterocycles. The predicted molar refractivity (Wildman–Crippen MR) is 105 cm³/mol. The first-order valence-electron chi connectivity index (χ1n) is 10.4. The molecule has 0 aliphatic carbocycles. The number of hydrogen-bond acceptors (Lipinski definition) is 4. The molecule has 1 aromatic carbocycles. The monoisotopic (exact) mass is 372 g/mol. The van der Waals surface area contributed by atoms with Gasteiger partial charge in [-0.05, 0) is 56.6 Å². The first-order valence-corrected chi connectivity index (χ1v) is 10.4. The summed E-state index contributed by atoms with van der Waals surface area (Å²) >= 11 is 0. The van der Waals surface area contributed by atoms with E-state index < -0.39 is 0 Å². The first-order chi connectivity index (χ1) is 13.0. The van der Waals surface area contributed by atoms with Gasteiger partial charge in [-0.1, -0.05) is 17.7 Å². The minimum atomic E-state index is -0.118. The number of aliphatic hydroxyl groups is 1. The molecule has 0 bridgehead atoms. The Morgan fingerprint density at radius 1 is 1.15 bits per heavy atom. The third-order valence-electron chi connectivity index (χ3n) is 6.71. The van der Waals surface area contributed by atoms with E-state index in [1.54, 1.807) is 0 Å². The molecule has 27 heavy (non-hydrogen) atoms. The van der Waals surface area contributed by atoms with Gasteiger partial charge in [-0.2, -0.15) is 0 Å². The van der Waals surface area contributed by atoms with E-state index in [9.17, 15) is 9.90 Å². The summed E-state index contributed by atoms with van der Waals surface area (Å²) in [5.74, 6) is 0.159. The number of carbonyl (C=O) groups is 1. The van der Waals surface area contributed by atoms with Crippen molar-refractivity contribution in [2.45, 2.75) is 51.2 Å². The zero-order valence-corrected chi connectivity index (χ0v) is 16.4. The van der Waals surface area contributed by atoms with Crippen LogP contribution >= 0.6 is 0 Å². The van der Waals surface area contributed by atoms with Gasteiger partial charge in [0.2, 0.25) is 0 Å². The van der Waals surface area contributed by atoms with E-state index in [1.807, 2.05) is 36.1 Å². The highest BCUT2D eigenvalue weighted by atomic mass is 16.5. The van der Waals surface area contributed by atoms with Gasteiger partial charge in [-0.15, -0.1) is 0 Å². The van der Waals surface area contributed by atoms with Crippen molar-refractivity contribution >= 4 is 5.91 Å². The molecule has 148 valence electrons. The predicted octanol–water partition coefficient (Wildman–Crippen LogP) is 2.46. The molecule has 5 heteroatoms. The van der Waals surface area contributed by atoms with Gasteiger partial charge in [-0.3, -0.25) is 4.79 Å². The summed E-state index contributed by atoms with van der Waals surface area (Å²) in [4.78, 5) is 17.2. The normalized spacial score (nSPS) is 26.6. The maximum absolute atomic E-state index is 12.7. The van der Waals surface area contributed by atoms with Crippen molar-refractivity contribution in [1.29, 1.82) is 0 Å². The molecule has 3 fully saturated rings. The molecule has 1 atom stereocenters. The Bertz CT molecular complexity index is 644. The van der Waals surface area contributed by atoms with E-state index in [2.05, 4.69) is 4.90 Å². The Morgan fingerprint density at radius 3 is 2.48 bits per heavy atom. The smallest absolute Gasteiger partial charge is 0.253 e. The molecule has 0 radical (unpaired) electrons. The summed E-state index contributed by atoms with van der Waals surface area (Å²) in [7, 11) is 0. The number of ether oxygens (including phenoxy) is 1. The minimum Gasteiger partial charge on any atom is -0.393 e. The van der Waals surface area contributed by atoms with Gasteiger partial charge in [0.15, 0.2) is 0 Å². The summed E-state index contributed by atoms with van der Waals surface area (Å²) in [6, 6.07) is 7.89. The topological polar surface area (TPSA) is 53.0 Å². The SMILES string of the molecule is Cc1ccc(C(=O)N2CCC3(CC2)CO[C@H](CN2CCC(O)CC2)C3)cc1. The van der Waals surface area contributed by atoms with Gasteiger partial charge in [0.05, 0.1) is 18.8 Å². The zero-order valence-electron chi connectivity index (χ0n) is 16.4. The summed E-state index contributed by atoms with van der Waals surface area (Å²) in [6.45, 7) is 7.49. The highest BCUT2D eigenvalue weighted by molar-refractivity contribution is 5.94. The highest BCUT2D eigenvalue weighted by Crippen LogP contribution is 2.42. The number of rotatable bonds is 3. The van der Waals surface area contributed by atoms with Crippen molar-refractivity contribution in [3.63, 3.8) is 0 Å². The van der Waals surface area contributed by atoms with E-state index >= 15 is 0 Å². The second-order valence-corrected chi connectivity index (χ2v) is 8.83. The standard InChI is InChI=1S/C22H32N2O3/c1-17-2-4-18(5-3-17)21(26)24-12-8-22(9-13-24)14-20(27-16-22)15-23-10-6-19(25)7-11-23/h2-5,19-20,25H,6-16H2,1H3/t20-/m0/s1. The largest absolute Gasteiger partial charge is 0.393 e. The molecule has 3 saturated heterocycles. The van der Waals surface area contributed by atoms with Crippen molar-refractivity contribution in [1.82, 2.24) is 9.80 Å². The number of benzene rings is 1.